The van der Waals surface area contributed by atoms with Crippen molar-refractivity contribution < 1.29 is 19.2 Å². The average molecular weight is 663 g/mol. The van der Waals surface area contributed by atoms with Crippen LogP contribution >= 0.6 is 11.6 Å². The third-order valence-electron chi connectivity index (χ3n) is 10.4. The maximum atomic E-state index is 14.2. The molecule has 252 valence electrons. The summed E-state index contributed by atoms with van der Waals surface area (Å²) in [4.78, 5) is 60.3. The zero-order valence-electron chi connectivity index (χ0n) is 27.1. The van der Waals surface area contributed by atoms with E-state index in [1.807, 2.05) is 42.5 Å². The van der Waals surface area contributed by atoms with Gasteiger partial charge in [-0.1, -0.05) is 67.6 Å². The molecule has 4 fully saturated rings. The molecule has 1 spiro atoms. The van der Waals surface area contributed by atoms with Gasteiger partial charge < -0.3 is 30.7 Å². The van der Waals surface area contributed by atoms with Crippen LogP contribution in [-0.4, -0.2) is 89.9 Å². The van der Waals surface area contributed by atoms with Crippen LogP contribution in [-0.2, 0) is 25.6 Å². The predicted molar refractivity (Wildman–Crippen MR) is 182 cm³/mol. The Kier molecular flexibility index (Phi) is 10.7. The van der Waals surface area contributed by atoms with Gasteiger partial charge in [-0.25, -0.2) is 0 Å². The molecule has 0 unspecified atom stereocenters. The molecule has 6 rings (SSSR count). The Bertz CT molecular complexity index is 1400. The largest absolute Gasteiger partial charge is 0.352 e. The molecule has 1 aliphatic carbocycles. The van der Waals surface area contributed by atoms with Crippen LogP contribution in [0.2, 0.25) is 5.02 Å². The fourth-order valence-electron chi connectivity index (χ4n) is 7.74. The van der Waals surface area contributed by atoms with Crippen molar-refractivity contribution in [3.05, 3.63) is 65.2 Å². The van der Waals surface area contributed by atoms with Crippen LogP contribution in [0.15, 0.2) is 54.6 Å². The molecule has 2 aromatic carbocycles. The molecule has 2 aromatic rings. The lowest BCUT2D eigenvalue weighted by atomic mass is 9.85. The summed E-state index contributed by atoms with van der Waals surface area (Å²) in [6, 6.07) is 16.3. The number of carbonyl (C=O) groups is 4. The molecule has 3 saturated heterocycles. The van der Waals surface area contributed by atoms with Gasteiger partial charge in [0.25, 0.3) is 5.91 Å². The quantitative estimate of drug-likeness (QED) is 0.378. The van der Waals surface area contributed by atoms with E-state index in [0.29, 0.717) is 44.0 Å². The summed E-state index contributed by atoms with van der Waals surface area (Å²) in [5.74, 6) is -0.494. The van der Waals surface area contributed by atoms with Crippen molar-refractivity contribution in [2.45, 2.75) is 94.3 Å². The van der Waals surface area contributed by atoms with Crippen molar-refractivity contribution in [1.29, 1.82) is 0 Å². The van der Waals surface area contributed by atoms with Gasteiger partial charge in [0, 0.05) is 36.3 Å². The smallest absolute Gasteiger partial charge is 0.250 e. The lowest BCUT2D eigenvalue weighted by molar-refractivity contribution is -0.141. The van der Waals surface area contributed by atoms with Crippen LogP contribution in [0, 0.1) is 0 Å². The van der Waals surface area contributed by atoms with Gasteiger partial charge in [-0.05, 0) is 74.9 Å². The van der Waals surface area contributed by atoms with Crippen LogP contribution in [0.3, 0.4) is 0 Å². The van der Waals surface area contributed by atoms with E-state index >= 15 is 0 Å². The normalized spacial score (nSPS) is 22.3. The van der Waals surface area contributed by atoms with Crippen molar-refractivity contribution in [1.82, 2.24) is 25.8 Å². The first-order valence-corrected chi connectivity index (χ1v) is 17.7. The Morgan fingerprint density at radius 2 is 1.62 bits per heavy atom. The van der Waals surface area contributed by atoms with Gasteiger partial charge in [0.05, 0.1) is 12.7 Å². The summed E-state index contributed by atoms with van der Waals surface area (Å²) in [6.07, 6.45) is 9.37. The summed E-state index contributed by atoms with van der Waals surface area (Å²) < 4.78 is 0. The standard InChI is InChI=1S/C36H47ClN6O4/c37-27-16-14-26(15-17-27)23-31(40-33(45)30-13-7-8-20-38-30)34(46)41-21-18-36(19-22-41)35(47)42(25-43(36)29-11-5-2-6-12-29)24-32(44)39-28-9-3-1-4-10-28/h2,5-6,11-12,14-17,28,30-31,38H,1,3-4,7-10,13,18-25H2,(H,39,44)(H,40,45)/t30-,31-/m1/s1. The Morgan fingerprint density at radius 1 is 0.915 bits per heavy atom. The van der Waals surface area contributed by atoms with E-state index in [1.54, 1.807) is 21.9 Å². The molecule has 0 bridgehead atoms. The van der Waals surface area contributed by atoms with Crippen LogP contribution in [0.25, 0.3) is 0 Å². The van der Waals surface area contributed by atoms with Gasteiger partial charge in [0.15, 0.2) is 0 Å². The monoisotopic (exact) mass is 662 g/mol. The first-order chi connectivity index (χ1) is 22.8. The van der Waals surface area contributed by atoms with E-state index in [0.717, 1.165) is 62.7 Å². The number of anilines is 1. The molecular formula is C36H47ClN6O4. The number of rotatable bonds is 9. The minimum atomic E-state index is -0.857. The van der Waals surface area contributed by atoms with Crippen molar-refractivity contribution in [2.75, 3.05) is 37.7 Å². The zero-order valence-corrected chi connectivity index (χ0v) is 27.9. The van der Waals surface area contributed by atoms with Crippen LogP contribution in [0.1, 0.15) is 69.8 Å². The lowest BCUT2D eigenvalue weighted by Gasteiger charge is -2.44. The SMILES string of the molecule is O=C(CN1CN(c2ccccc2)C2(CCN(C(=O)[C@@H](Cc3ccc(Cl)cc3)NC(=O)[C@H]3CCCCN3)CC2)C1=O)NC1CCCCC1. The third-order valence-corrected chi connectivity index (χ3v) is 10.6. The van der Waals surface area contributed by atoms with Gasteiger partial charge >= 0.3 is 0 Å². The number of likely N-dealkylation sites (tertiary alicyclic amines) is 1. The summed E-state index contributed by atoms with van der Waals surface area (Å²) in [5, 5.41) is 10.1. The highest BCUT2D eigenvalue weighted by atomic mass is 35.5. The number of nitrogens with one attached hydrogen (secondary N) is 3. The van der Waals surface area contributed by atoms with Crippen molar-refractivity contribution >= 4 is 40.9 Å². The van der Waals surface area contributed by atoms with Gasteiger partial charge in [-0.2, -0.15) is 0 Å². The molecule has 2 atom stereocenters. The number of benzene rings is 2. The summed E-state index contributed by atoms with van der Waals surface area (Å²) in [5.41, 5.74) is 0.967. The van der Waals surface area contributed by atoms with Gasteiger partial charge in [-0.3, -0.25) is 19.2 Å². The summed E-state index contributed by atoms with van der Waals surface area (Å²) in [7, 11) is 0. The van der Waals surface area contributed by atoms with Gasteiger partial charge in [0.2, 0.25) is 17.7 Å². The first-order valence-electron chi connectivity index (χ1n) is 17.3. The topological polar surface area (TPSA) is 114 Å². The van der Waals surface area contributed by atoms with Gasteiger partial charge in [-0.15, -0.1) is 0 Å². The Hall–Kier alpha value is -3.63. The molecule has 10 nitrogen and oxygen atoms in total. The Labute approximate surface area is 282 Å². The fraction of sp³-hybridized carbons (Fsp3) is 0.556. The predicted octanol–water partition coefficient (Wildman–Crippen LogP) is 3.63. The number of halogens is 1. The number of hydrogen-bond acceptors (Lipinski definition) is 6. The Balaban J connectivity index is 1.16. The van der Waals surface area contributed by atoms with E-state index in [2.05, 4.69) is 20.9 Å². The first kappa shape index (κ1) is 33.3. The maximum absolute atomic E-state index is 14.2. The number of nitrogens with zero attached hydrogens (tertiary/aromatic N) is 3. The number of amides is 4. The second-order valence-corrected chi connectivity index (χ2v) is 14.0. The Morgan fingerprint density at radius 3 is 2.30 bits per heavy atom. The average Bonchev–Trinajstić information content (AvgIpc) is 3.36. The highest BCUT2D eigenvalue weighted by molar-refractivity contribution is 6.30. The van der Waals surface area contributed by atoms with Crippen LogP contribution < -0.4 is 20.9 Å². The molecule has 11 heteroatoms. The summed E-state index contributed by atoms with van der Waals surface area (Å²) >= 11 is 6.12. The molecule has 4 amide bonds. The fourth-order valence-corrected chi connectivity index (χ4v) is 7.86. The number of para-hydroxylation sites is 1. The number of carbonyl (C=O) groups excluding carboxylic acids is 4. The van der Waals surface area contributed by atoms with E-state index < -0.39 is 11.6 Å². The van der Waals surface area contributed by atoms with Crippen molar-refractivity contribution in [3.8, 4) is 0 Å². The molecular weight excluding hydrogens is 616 g/mol. The van der Waals surface area contributed by atoms with E-state index in [9.17, 15) is 19.2 Å². The minimum Gasteiger partial charge on any atom is -0.352 e. The van der Waals surface area contributed by atoms with Crippen molar-refractivity contribution in [2.24, 2.45) is 0 Å². The molecule has 0 radical (unpaired) electrons. The highest BCUT2D eigenvalue weighted by Crippen LogP contribution is 2.39. The van der Waals surface area contributed by atoms with E-state index in [1.165, 1.54) is 6.42 Å². The number of piperidine rings is 2. The molecule has 1 saturated carbocycles. The zero-order chi connectivity index (χ0) is 32.8. The molecule has 3 heterocycles. The lowest BCUT2D eigenvalue weighted by Crippen LogP contribution is -2.60. The molecule has 3 N–H and O–H groups in total. The summed E-state index contributed by atoms with van der Waals surface area (Å²) in [6.45, 7) is 1.86. The molecule has 47 heavy (non-hydrogen) atoms. The molecule has 0 aromatic heterocycles. The minimum absolute atomic E-state index is 0.0213. The third kappa shape index (κ3) is 7.75. The van der Waals surface area contributed by atoms with E-state index in [4.69, 9.17) is 11.6 Å². The second kappa shape index (κ2) is 15.1. The van der Waals surface area contributed by atoms with Crippen LogP contribution in [0.5, 0.6) is 0 Å². The second-order valence-electron chi connectivity index (χ2n) is 13.6. The molecule has 4 aliphatic rings. The van der Waals surface area contributed by atoms with Crippen LogP contribution in [0.4, 0.5) is 5.69 Å². The highest BCUT2D eigenvalue weighted by Gasteiger charge is 2.54. The van der Waals surface area contributed by atoms with E-state index in [-0.39, 0.29) is 42.3 Å². The maximum Gasteiger partial charge on any atom is 0.250 e. The molecule has 3 aliphatic heterocycles. The van der Waals surface area contributed by atoms with Crippen molar-refractivity contribution in [3.63, 3.8) is 0 Å². The number of hydrogen-bond donors (Lipinski definition) is 3. The van der Waals surface area contributed by atoms with Gasteiger partial charge in [0.1, 0.15) is 18.1 Å².